The van der Waals surface area contributed by atoms with Crippen molar-refractivity contribution in [3.63, 3.8) is 0 Å². The van der Waals surface area contributed by atoms with E-state index in [1.807, 2.05) is 0 Å². The Morgan fingerprint density at radius 1 is 0.462 bits per heavy atom. The molecule has 4 saturated carbocycles. The second kappa shape index (κ2) is 9.14. The third-order valence-electron chi connectivity index (χ3n) is 9.20. The van der Waals surface area contributed by atoms with Crippen molar-refractivity contribution >= 4 is 0 Å². The van der Waals surface area contributed by atoms with Crippen LogP contribution < -0.4 is 0 Å². The van der Waals surface area contributed by atoms with E-state index in [-0.39, 0.29) is 0 Å². The molecule has 0 unspecified atom stereocenters. The van der Waals surface area contributed by atoms with E-state index in [0.717, 1.165) is 41.4 Å². The average molecular weight is 355 g/mol. The van der Waals surface area contributed by atoms with Crippen molar-refractivity contribution in [2.75, 3.05) is 0 Å². The Hall–Kier alpha value is -0.480. The van der Waals surface area contributed by atoms with Gasteiger partial charge < -0.3 is 0 Å². The van der Waals surface area contributed by atoms with Crippen LogP contribution in [0.15, 0.2) is 18.4 Å². The Balaban J connectivity index is 1.18. The number of hydrogen-bond acceptors (Lipinski definition) is 0. The Morgan fingerprint density at radius 2 is 0.769 bits per heavy atom. The van der Waals surface area contributed by atoms with E-state index in [9.17, 15) is 0 Å². The summed E-state index contributed by atoms with van der Waals surface area (Å²) in [6.45, 7) is 3.76. The Labute approximate surface area is 162 Å². The summed E-state index contributed by atoms with van der Waals surface area (Å²) in [6.07, 6.45) is 26.7. The molecule has 4 aliphatic carbocycles. The van der Waals surface area contributed by atoms with Crippen LogP contribution in [0.3, 0.4) is 0 Å². The Kier molecular flexibility index (Phi) is 6.63. The van der Waals surface area contributed by atoms with Gasteiger partial charge in [-0.1, -0.05) is 32.3 Å². The van der Waals surface area contributed by atoms with Crippen LogP contribution in [0.5, 0.6) is 0 Å². The highest BCUT2D eigenvalue weighted by Crippen LogP contribution is 2.48. The molecule has 0 heteroatoms. The fourth-order valence-corrected chi connectivity index (χ4v) is 7.55. The second-order valence-corrected chi connectivity index (χ2v) is 10.4. The Morgan fingerprint density at radius 3 is 1.12 bits per heavy atom. The normalized spacial score (nSPS) is 42.3. The lowest BCUT2D eigenvalue weighted by molar-refractivity contribution is 0.0988. The minimum atomic E-state index is 0.787. The quantitative estimate of drug-likeness (QED) is 0.449. The monoisotopic (exact) mass is 354 g/mol. The first-order valence-electron chi connectivity index (χ1n) is 12.2. The van der Waals surface area contributed by atoms with Crippen LogP contribution in [0.2, 0.25) is 0 Å². The maximum Gasteiger partial charge on any atom is -0.0157 e. The topological polar surface area (TPSA) is 0 Å². The zero-order valence-corrected chi connectivity index (χ0v) is 17.1. The zero-order valence-electron chi connectivity index (χ0n) is 17.1. The Bertz CT molecular complexity index is 454. The van der Waals surface area contributed by atoms with E-state index in [4.69, 9.17) is 0 Å². The first kappa shape index (κ1) is 18.9. The van der Waals surface area contributed by atoms with Gasteiger partial charge in [-0.15, -0.1) is 5.73 Å². The van der Waals surface area contributed by atoms with Crippen LogP contribution in [-0.4, -0.2) is 0 Å². The van der Waals surface area contributed by atoms with E-state index < -0.39 is 0 Å². The van der Waals surface area contributed by atoms with Gasteiger partial charge in [-0.05, 0) is 125 Å². The lowest BCUT2D eigenvalue weighted by Gasteiger charge is -2.41. The summed E-state index contributed by atoms with van der Waals surface area (Å²) in [5, 5.41) is 0. The van der Waals surface area contributed by atoms with Gasteiger partial charge in [-0.3, -0.25) is 0 Å². The molecule has 0 aromatic carbocycles. The first-order chi connectivity index (χ1) is 12.8. The van der Waals surface area contributed by atoms with Gasteiger partial charge in [0.15, 0.2) is 0 Å². The summed E-state index contributed by atoms with van der Waals surface area (Å²) in [6, 6.07) is 0. The maximum absolute atomic E-state index is 3.76. The molecule has 0 bridgehead atoms. The lowest BCUT2D eigenvalue weighted by Crippen LogP contribution is -2.30. The van der Waals surface area contributed by atoms with Crippen LogP contribution in [0.4, 0.5) is 0 Å². The third kappa shape index (κ3) is 4.49. The summed E-state index contributed by atoms with van der Waals surface area (Å²) < 4.78 is 0. The van der Waals surface area contributed by atoms with Crippen LogP contribution in [0, 0.1) is 41.4 Å². The van der Waals surface area contributed by atoms with Crippen molar-refractivity contribution in [3.05, 3.63) is 18.4 Å². The molecule has 4 fully saturated rings. The van der Waals surface area contributed by atoms with Crippen molar-refractivity contribution in [1.29, 1.82) is 0 Å². The highest BCUT2D eigenvalue weighted by atomic mass is 14.4. The largest absolute Gasteiger partial charge is 0.133 e. The summed E-state index contributed by atoms with van der Waals surface area (Å²) in [5.41, 5.74) is 3.02. The molecule has 0 aromatic rings. The molecule has 0 amide bonds. The molecule has 4 rings (SSSR count). The zero-order chi connectivity index (χ0) is 17.8. The molecule has 26 heavy (non-hydrogen) atoms. The number of allylic oxidation sites excluding steroid dienone is 1. The van der Waals surface area contributed by atoms with Gasteiger partial charge in [0, 0.05) is 0 Å². The van der Waals surface area contributed by atoms with Crippen molar-refractivity contribution in [2.45, 2.75) is 103 Å². The lowest BCUT2D eigenvalue weighted by atomic mass is 9.64. The van der Waals surface area contributed by atoms with Gasteiger partial charge >= 0.3 is 0 Å². The average Bonchev–Trinajstić information content (AvgIpc) is 3.24. The second-order valence-electron chi connectivity index (χ2n) is 10.4. The standard InChI is InChI=1S/C26H42/c1-2-5-20-8-10-22(11-9-20)24-16-18-26(19-17-24)25-14-12-23(13-15-25)21-6-3-4-7-21/h5,20-26H,1,3-4,6-19H2. The molecule has 0 aromatic heterocycles. The fraction of sp³-hybridized carbons (Fsp3) is 0.885. The van der Waals surface area contributed by atoms with Gasteiger partial charge in [-0.2, -0.15) is 0 Å². The molecule has 0 nitrogen and oxygen atoms in total. The van der Waals surface area contributed by atoms with Crippen molar-refractivity contribution in [3.8, 4) is 0 Å². The molecule has 146 valence electrons. The molecule has 0 atom stereocenters. The van der Waals surface area contributed by atoms with Crippen LogP contribution in [0.1, 0.15) is 103 Å². The smallest absolute Gasteiger partial charge is 0.0157 e. The van der Waals surface area contributed by atoms with Gasteiger partial charge in [-0.25, -0.2) is 0 Å². The molecule has 0 spiro atoms. The minimum Gasteiger partial charge on any atom is -0.133 e. The predicted molar refractivity (Wildman–Crippen MR) is 112 cm³/mol. The van der Waals surface area contributed by atoms with E-state index in [2.05, 4.69) is 18.4 Å². The summed E-state index contributed by atoms with van der Waals surface area (Å²) in [5.74, 6) is 7.33. The van der Waals surface area contributed by atoms with E-state index >= 15 is 0 Å². The van der Waals surface area contributed by atoms with E-state index in [1.165, 1.54) is 38.5 Å². The summed E-state index contributed by atoms with van der Waals surface area (Å²) in [7, 11) is 0. The predicted octanol–water partition coefficient (Wildman–Crippen LogP) is 7.94. The maximum atomic E-state index is 3.76. The molecular formula is C26H42. The molecular weight excluding hydrogens is 312 g/mol. The van der Waals surface area contributed by atoms with Gasteiger partial charge in [0.2, 0.25) is 0 Å². The molecule has 0 radical (unpaired) electrons. The molecule has 0 N–H and O–H groups in total. The minimum absolute atomic E-state index is 0.787. The van der Waals surface area contributed by atoms with Gasteiger partial charge in [0.05, 0.1) is 0 Å². The highest BCUT2D eigenvalue weighted by Gasteiger charge is 2.36. The van der Waals surface area contributed by atoms with Gasteiger partial charge in [0.25, 0.3) is 0 Å². The van der Waals surface area contributed by atoms with Gasteiger partial charge in [0.1, 0.15) is 0 Å². The molecule has 0 saturated heterocycles. The summed E-state index contributed by atoms with van der Waals surface area (Å²) in [4.78, 5) is 0. The van der Waals surface area contributed by atoms with Crippen LogP contribution in [-0.2, 0) is 0 Å². The van der Waals surface area contributed by atoms with E-state index in [1.54, 1.807) is 64.2 Å². The van der Waals surface area contributed by atoms with Crippen LogP contribution >= 0.6 is 0 Å². The SMILES string of the molecule is C=C=CC1CCC(C2CCC(C3CCC(C4CCCC4)CC3)CC2)CC1. The first-order valence-corrected chi connectivity index (χ1v) is 12.2. The van der Waals surface area contributed by atoms with Crippen molar-refractivity contribution in [2.24, 2.45) is 41.4 Å². The van der Waals surface area contributed by atoms with Crippen LogP contribution in [0.25, 0.3) is 0 Å². The summed E-state index contributed by atoms with van der Waals surface area (Å²) >= 11 is 0. The van der Waals surface area contributed by atoms with Crippen molar-refractivity contribution < 1.29 is 0 Å². The third-order valence-corrected chi connectivity index (χ3v) is 9.20. The molecule has 0 aliphatic heterocycles. The molecule has 4 aliphatic rings. The van der Waals surface area contributed by atoms with E-state index in [0.29, 0.717) is 0 Å². The molecule has 0 heterocycles. The number of hydrogen-bond donors (Lipinski definition) is 0. The number of rotatable bonds is 4. The fourth-order valence-electron chi connectivity index (χ4n) is 7.55. The highest BCUT2D eigenvalue weighted by molar-refractivity contribution is 4.91. The van der Waals surface area contributed by atoms with Crippen molar-refractivity contribution in [1.82, 2.24) is 0 Å².